The van der Waals surface area contributed by atoms with Crippen molar-refractivity contribution in [2.24, 2.45) is 0 Å². The lowest BCUT2D eigenvalue weighted by Gasteiger charge is -2.31. The minimum atomic E-state index is -0.0866. The van der Waals surface area contributed by atoms with Crippen molar-refractivity contribution in [3.05, 3.63) is 84.8 Å². The van der Waals surface area contributed by atoms with Gasteiger partial charge in [0.1, 0.15) is 0 Å². The van der Waals surface area contributed by atoms with E-state index in [0.717, 1.165) is 13.1 Å². The van der Waals surface area contributed by atoms with Crippen LogP contribution in [0.5, 0.6) is 0 Å². The molecule has 0 fully saturated rings. The number of nitrogens with zero attached hydrogens (tertiary/aromatic N) is 4. The summed E-state index contributed by atoms with van der Waals surface area (Å²) in [6, 6.07) is 21.3. The molecule has 0 aliphatic heterocycles. The third kappa shape index (κ3) is 2.71. The van der Waals surface area contributed by atoms with E-state index in [1.807, 2.05) is 10.9 Å². The van der Waals surface area contributed by atoms with Crippen LogP contribution in [-0.4, -0.2) is 19.6 Å². The van der Waals surface area contributed by atoms with Crippen LogP contribution < -0.4 is 0 Å². The molecule has 0 spiro atoms. The molecule has 0 saturated heterocycles. The fourth-order valence-electron chi connectivity index (χ4n) is 3.40. The maximum atomic E-state index is 4.18. The zero-order valence-electron chi connectivity index (χ0n) is 13.7. The van der Waals surface area contributed by atoms with E-state index in [0.29, 0.717) is 0 Å². The van der Waals surface area contributed by atoms with Crippen LogP contribution >= 0.6 is 0 Å². The predicted octanol–water partition coefficient (Wildman–Crippen LogP) is 3.89. The van der Waals surface area contributed by atoms with Crippen molar-refractivity contribution < 1.29 is 0 Å². The van der Waals surface area contributed by atoms with Gasteiger partial charge in [-0.15, -0.1) is 5.10 Å². The Kier molecular flexibility index (Phi) is 3.65. The summed E-state index contributed by atoms with van der Waals surface area (Å²) in [6.45, 7) is 3.95. The largest absolute Gasteiger partial charge is 0.347 e. The lowest BCUT2D eigenvalue weighted by Crippen LogP contribution is -2.33. The highest BCUT2D eigenvalue weighted by atomic mass is 15.4. The molecule has 24 heavy (non-hydrogen) atoms. The van der Waals surface area contributed by atoms with Crippen LogP contribution in [-0.2, 0) is 18.5 Å². The smallest absolute Gasteiger partial charge is 0.0692 e. The van der Waals surface area contributed by atoms with E-state index >= 15 is 0 Å². The highest BCUT2D eigenvalue weighted by molar-refractivity contribution is 5.79. The molecule has 0 aliphatic carbocycles. The van der Waals surface area contributed by atoms with Gasteiger partial charge in [-0.1, -0.05) is 60.7 Å². The molecule has 2 aromatic carbocycles. The Hall–Kier alpha value is -2.88. The first kappa shape index (κ1) is 14.7. The van der Waals surface area contributed by atoms with E-state index in [4.69, 9.17) is 0 Å². The number of para-hydroxylation sites is 1. The van der Waals surface area contributed by atoms with Gasteiger partial charge in [-0.05, 0) is 23.1 Å². The number of hydrogen-bond donors (Lipinski definition) is 0. The first-order chi connectivity index (χ1) is 11.7. The average molecular weight is 316 g/mol. The number of aromatic nitrogens is 4. The van der Waals surface area contributed by atoms with Crippen molar-refractivity contribution in [1.29, 1.82) is 0 Å². The molecule has 2 heterocycles. The molecule has 4 aromatic rings. The molecule has 4 rings (SSSR count). The van der Waals surface area contributed by atoms with Gasteiger partial charge in [0.2, 0.25) is 0 Å². The van der Waals surface area contributed by atoms with Crippen molar-refractivity contribution in [2.75, 3.05) is 0 Å². The summed E-state index contributed by atoms with van der Waals surface area (Å²) in [5, 5.41) is 9.40. The summed E-state index contributed by atoms with van der Waals surface area (Å²) >= 11 is 0. The van der Waals surface area contributed by atoms with Gasteiger partial charge < -0.3 is 4.57 Å². The molecule has 0 aliphatic rings. The number of hydrogen-bond acceptors (Lipinski definition) is 2. The van der Waals surface area contributed by atoms with Gasteiger partial charge in [0.15, 0.2) is 0 Å². The molecule has 0 amide bonds. The first-order valence-corrected chi connectivity index (χ1v) is 8.18. The predicted molar refractivity (Wildman–Crippen MR) is 95.8 cm³/mol. The third-order valence-corrected chi connectivity index (χ3v) is 4.65. The van der Waals surface area contributed by atoms with Crippen molar-refractivity contribution in [3.8, 4) is 0 Å². The average Bonchev–Trinajstić information content (AvgIpc) is 3.26. The molecule has 0 N–H and O–H groups in total. The second kappa shape index (κ2) is 5.96. The van der Waals surface area contributed by atoms with Gasteiger partial charge in [-0.3, -0.25) is 4.68 Å². The van der Waals surface area contributed by atoms with Crippen LogP contribution in [0.2, 0.25) is 0 Å². The Morgan fingerprint density at radius 3 is 2.46 bits per heavy atom. The van der Waals surface area contributed by atoms with Gasteiger partial charge in [0, 0.05) is 29.9 Å². The first-order valence-electron chi connectivity index (χ1n) is 8.18. The molecule has 2 aromatic heterocycles. The molecule has 1 unspecified atom stereocenters. The number of fused-ring (bicyclic) bond motifs is 1. The Balaban J connectivity index is 1.75. The molecule has 0 saturated carbocycles. The molecule has 4 heteroatoms. The maximum Gasteiger partial charge on any atom is 0.0692 e. The summed E-state index contributed by atoms with van der Waals surface area (Å²) in [5.41, 5.74) is 2.48. The minimum Gasteiger partial charge on any atom is -0.347 e. The molecule has 4 nitrogen and oxygen atoms in total. The molecular weight excluding hydrogens is 296 g/mol. The van der Waals surface area contributed by atoms with E-state index in [2.05, 4.69) is 88.7 Å². The summed E-state index contributed by atoms with van der Waals surface area (Å²) in [7, 11) is 0. The highest BCUT2D eigenvalue weighted by Gasteiger charge is 2.28. The van der Waals surface area contributed by atoms with Gasteiger partial charge in [0.05, 0.1) is 12.7 Å². The number of rotatable bonds is 5. The van der Waals surface area contributed by atoms with Gasteiger partial charge in [-0.2, -0.15) is 0 Å². The van der Waals surface area contributed by atoms with E-state index in [1.54, 1.807) is 6.20 Å². The zero-order chi connectivity index (χ0) is 16.4. The minimum absolute atomic E-state index is 0.0866. The van der Waals surface area contributed by atoms with Crippen molar-refractivity contribution >= 4 is 10.9 Å². The van der Waals surface area contributed by atoms with Gasteiger partial charge >= 0.3 is 0 Å². The Labute approximate surface area is 141 Å². The normalized spacial score (nSPS) is 13.9. The maximum absolute atomic E-state index is 4.18. The second-order valence-corrected chi connectivity index (χ2v) is 6.53. The molecule has 0 radical (unpaired) electrons. The van der Waals surface area contributed by atoms with Crippen LogP contribution in [0.4, 0.5) is 0 Å². The number of benzene rings is 2. The van der Waals surface area contributed by atoms with Gasteiger partial charge in [0.25, 0.3) is 0 Å². The van der Waals surface area contributed by atoms with E-state index in [9.17, 15) is 0 Å². The zero-order valence-corrected chi connectivity index (χ0v) is 13.7. The van der Waals surface area contributed by atoms with Crippen molar-refractivity contribution in [3.63, 3.8) is 0 Å². The summed E-state index contributed by atoms with van der Waals surface area (Å²) in [4.78, 5) is 0. The Bertz CT molecular complexity index is 925. The quantitative estimate of drug-likeness (QED) is 0.560. The Morgan fingerprint density at radius 1 is 0.875 bits per heavy atom. The van der Waals surface area contributed by atoms with E-state index in [-0.39, 0.29) is 5.41 Å². The highest BCUT2D eigenvalue weighted by Crippen LogP contribution is 2.29. The lowest BCUT2D eigenvalue weighted by atomic mass is 9.82. The topological polar surface area (TPSA) is 35.6 Å². The monoisotopic (exact) mass is 316 g/mol. The molecule has 0 bridgehead atoms. The van der Waals surface area contributed by atoms with Crippen molar-refractivity contribution in [2.45, 2.75) is 25.4 Å². The summed E-state index contributed by atoms with van der Waals surface area (Å²) in [5.74, 6) is 0. The van der Waals surface area contributed by atoms with Gasteiger partial charge in [-0.25, -0.2) is 0 Å². The molecule has 1 atom stereocenters. The van der Waals surface area contributed by atoms with Crippen LogP contribution in [0.1, 0.15) is 12.5 Å². The fourth-order valence-corrected chi connectivity index (χ4v) is 3.40. The Morgan fingerprint density at radius 2 is 1.67 bits per heavy atom. The SMILES string of the molecule is CC(Cn1ccnn1)(Cn1ccc2ccccc21)c1ccccc1. The van der Waals surface area contributed by atoms with Crippen LogP contribution in [0.25, 0.3) is 10.9 Å². The van der Waals surface area contributed by atoms with Crippen molar-refractivity contribution in [1.82, 2.24) is 19.6 Å². The molecular formula is C20H20N4. The van der Waals surface area contributed by atoms with Crippen LogP contribution in [0.3, 0.4) is 0 Å². The third-order valence-electron chi connectivity index (χ3n) is 4.65. The van der Waals surface area contributed by atoms with Crippen LogP contribution in [0, 0.1) is 0 Å². The lowest BCUT2D eigenvalue weighted by molar-refractivity contribution is 0.326. The standard InChI is InChI=1S/C20H20N4/c1-20(16-24-14-12-21-22-24,18-8-3-2-4-9-18)15-23-13-11-17-7-5-6-10-19(17)23/h2-14H,15-16H2,1H3. The van der Waals surface area contributed by atoms with E-state index < -0.39 is 0 Å². The second-order valence-electron chi connectivity index (χ2n) is 6.53. The summed E-state index contributed by atoms with van der Waals surface area (Å²) < 4.78 is 4.25. The molecule has 120 valence electrons. The fraction of sp³-hybridized carbons (Fsp3) is 0.200. The van der Waals surface area contributed by atoms with E-state index in [1.165, 1.54) is 16.5 Å². The summed E-state index contributed by atoms with van der Waals surface area (Å²) in [6.07, 6.45) is 5.83. The van der Waals surface area contributed by atoms with Crippen LogP contribution in [0.15, 0.2) is 79.3 Å².